The summed E-state index contributed by atoms with van der Waals surface area (Å²) in [6.07, 6.45) is 4.57. The fourth-order valence-corrected chi connectivity index (χ4v) is 1.85. The number of nitrogens with zero attached hydrogens (tertiary/aromatic N) is 2. The topological polar surface area (TPSA) is 65.2 Å². The van der Waals surface area contributed by atoms with Crippen LogP contribution in [-0.2, 0) is 10.5 Å². The first-order valence-corrected chi connectivity index (χ1v) is 5.83. The number of hydrogen-bond acceptors (Lipinski definition) is 6. The van der Waals surface area contributed by atoms with E-state index in [0.29, 0.717) is 5.75 Å². The molecular formula is C11H10N2O3S. The summed E-state index contributed by atoms with van der Waals surface area (Å²) in [6, 6.07) is 3.73. The molecule has 0 saturated carbocycles. The Morgan fingerprint density at radius 3 is 2.94 bits per heavy atom. The Labute approximate surface area is 102 Å². The van der Waals surface area contributed by atoms with Crippen LogP contribution in [0.25, 0.3) is 0 Å². The van der Waals surface area contributed by atoms with Gasteiger partial charge in [0.25, 0.3) is 0 Å². The molecule has 0 saturated heterocycles. The molecule has 2 heterocycles. The predicted octanol–water partition coefficient (Wildman–Crippen LogP) is 2.15. The van der Waals surface area contributed by atoms with Gasteiger partial charge in [-0.05, 0) is 12.1 Å². The first-order valence-electron chi connectivity index (χ1n) is 4.85. The highest BCUT2D eigenvalue weighted by atomic mass is 32.2. The number of carbonyl (C=O) groups is 1. The van der Waals surface area contributed by atoms with E-state index >= 15 is 0 Å². The molecule has 2 rings (SSSR count). The van der Waals surface area contributed by atoms with Crippen molar-refractivity contribution < 1.29 is 13.9 Å². The van der Waals surface area contributed by atoms with Crippen molar-refractivity contribution in [2.75, 3.05) is 7.11 Å². The summed E-state index contributed by atoms with van der Waals surface area (Å²) < 4.78 is 9.72. The first kappa shape index (κ1) is 11.7. The van der Waals surface area contributed by atoms with Crippen LogP contribution >= 0.6 is 11.8 Å². The van der Waals surface area contributed by atoms with E-state index in [1.165, 1.54) is 25.1 Å². The van der Waals surface area contributed by atoms with E-state index in [9.17, 15) is 4.79 Å². The lowest BCUT2D eigenvalue weighted by Crippen LogP contribution is -2.04. The molecule has 0 amide bonds. The smallest absolute Gasteiger partial charge is 0.358 e. The van der Waals surface area contributed by atoms with Gasteiger partial charge in [-0.2, -0.15) is 0 Å². The number of furan rings is 1. The van der Waals surface area contributed by atoms with Gasteiger partial charge < -0.3 is 9.15 Å². The molecule has 0 bridgehead atoms. The third-order valence-electron chi connectivity index (χ3n) is 1.97. The van der Waals surface area contributed by atoms with Crippen molar-refractivity contribution in [3.63, 3.8) is 0 Å². The van der Waals surface area contributed by atoms with Crippen molar-refractivity contribution in [2.24, 2.45) is 0 Å². The minimum atomic E-state index is -0.486. The van der Waals surface area contributed by atoms with Crippen molar-refractivity contribution in [2.45, 2.75) is 10.8 Å². The summed E-state index contributed by atoms with van der Waals surface area (Å²) in [7, 11) is 1.31. The van der Waals surface area contributed by atoms with E-state index < -0.39 is 5.97 Å². The van der Waals surface area contributed by atoms with Gasteiger partial charge in [-0.25, -0.2) is 14.8 Å². The Morgan fingerprint density at radius 1 is 1.47 bits per heavy atom. The van der Waals surface area contributed by atoms with Gasteiger partial charge in [0.2, 0.25) is 0 Å². The largest absolute Gasteiger partial charge is 0.468 e. The highest BCUT2D eigenvalue weighted by Gasteiger charge is 2.07. The molecule has 17 heavy (non-hydrogen) atoms. The summed E-state index contributed by atoms with van der Waals surface area (Å²) in [4.78, 5) is 19.2. The molecule has 0 unspecified atom stereocenters. The second-order valence-electron chi connectivity index (χ2n) is 3.10. The van der Waals surface area contributed by atoms with E-state index in [0.717, 1.165) is 10.8 Å². The highest BCUT2D eigenvalue weighted by Crippen LogP contribution is 2.20. The SMILES string of the molecule is COC(=O)c1cnc(SCc2ccco2)cn1. The Bertz CT molecular complexity index is 482. The van der Waals surface area contributed by atoms with E-state index in [2.05, 4.69) is 14.7 Å². The van der Waals surface area contributed by atoms with Crippen LogP contribution in [0.3, 0.4) is 0 Å². The Morgan fingerprint density at radius 2 is 2.35 bits per heavy atom. The van der Waals surface area contributed by atoms with Gasteiger partial charge in [-0.3, -0.25) is 0 Å². The first-order chi connectivity index (χ1) is 8.29. The van der Waals surface area contributed by atoms with Crippen LogP contribution in [0, 0.1) is 0 Å². The Hall–Kier alpha value is -1.82. The average Bonchev–Trinajstić information content (AvgIpc) is 2.89. The zero-order valence-electron chi connectivity index (χ0n) is 9.12. The van der Waals surface area contributed by atoms with Gasteiger partial charge in [0, 0.05) is 0 Å². The zero-order valence-corrected chi connectivity index (χ0v) is 9.94. The van der Waals surface area contributed by atoms with E-state index in [-0.39, 0.29) is 5.69 Å². The maximum atomic E-state index is 11.1. The van der Waals surface area contributed by atoms with Gasteiger partial charge in [-0.1, -0.05) is 11.8 Å². The molecule has 2 aromatic rings. The number of thioether (sulfide) groups is 1. The average molecular weight is 250 g/mol. The number of ether oxygens (including phenoxy) is 1. The van der Waals surface area contributed by atoms with Gasteiger partial charge in [0.15, 0.2) is 5.69 Å². The van der Waals surface area contributed by atoms with Gasteiger partial charge >= 0.3 is 5.97 Å². The maximum absolute atomic E-state index is 11.1. The van der Waals surface area contributed by atoms with Gasteiger partial charge in [0.05, 0.1) is 31.5 Å². The highest BCUT2D eigenvalue weighted by molar-refractivity contribution is 7.98. The van der Waals surface area contributed by atoms with Crippen molar-refractivity contribution in [3.8, 4) is 0 Å². The zero-order chi connectivity index (χ0) is 12.1. The third kappa shape index (κ3) is 3.07. The molecule has 0 aliphatic rings. The fraction of sp³-hybridized carbons (Fsp3) is 0.182. The van der Waals surface area contributed by atoms with Crippen molar-refractivity contribution in [1.82, 2.24) is 9.97 Å². The second kappa shape index (κ2) is 5.49. The monoisotopic (exact) mass is 250 g/mol. The molecule has 0 N–H and O–H groups in total. The second-order valence-corrected chi connectivity index (χ2v) is 4.10. The van der Waals surface area contributed by atoms with E-state index in [4.69, 9.17) is 4.42 Å². The van der Waals surface area contributed by atoms with Gasteiger partial charge in [-0.15, -0.1) is 0 Å². The molecule has 5 nitrogen and oxygen atoms in total. The van der Waals surface area contributed by atoms with E-state index in [1.807, 2.05) is 12.1 Å². The maximum Gasteiger partial charge on any atom is 0.358 e. The molecule has 0 fully saturated rings. The molecule has 0 atom stereocenters. The van der Waals surface area contributed by atoms with Crippen molar-refractivity contribution >= 4 is 17.7 Å². The Kier molecular flexibility index (Phi) is 3.77. The fourth-order valence-electron chi connectivity index (χ4n) is 1.14. The molecule has 0 aliphatic heterocycles. The summed E-state index contributed by atoms with van der Waals surface area (Å²) in [5, 5.41) is 0.731. The van der Waals surface area contributed by atoms with E-state index in [1.54, 1.807) is 12.5 Å². The number of methoxy groups -OCH3 is 1. The molecule has 2 aromatic heterocycles. The summed E-state index contributed by atoms with van der Waals surface area (Å²) in [5.41, 5.74) is 0.204. The minimum Gasteiger partial charge on any atom is -0.468 e. The van der Waals surface area contributed by atoms with Crippen molar-refractivity contribution in [1.29, 1.82) is 0 Å². The van der Waals surface area contributed by atoms with Crippen LogP contribution in [-0.4, -0.2) is 23.0 Å². The Balaban J connectivity index is 1.96. The number of aromatic nitrogens is 2. The van der Waals surface area contributed by atoms with Crippen LogP contribution in [0.5, 0.6) is 0 Å². The van der Waals surface area contributed by atoms with Crippen LogP contribution in [0.4, 0.5) is 0 Å². The van der Waals surface area contributed by atoms with Gasteiger partial charge in [0.1, 0.15) is 10.8 Å². The molecule has 88 valence electrons. The number of carbonyl (C=O) groups excluding carboxylic acids is 1. The summed E-state index contributed by atoms with van der Waals surface area (Å²) in [6.45, 7) is 0. The van der Waals surface area contributed by atoms with Crippen LogP contribution in [0.1, 0.15) is 16.2 Å². The minimum absolute atomic E-state index is 0.204. The summed E-state index contributed by atoms with van der Waals surface area (Å²) in [5.74, 6) is 1.06. The predicted molar refractivity (Wildman–Crippen MR) is 61.6 cm³/mol. The quantitative estimate of drug-likeness (QED) is 0.612. The third-order valence-corrected chi connectivity index (χ3v) is 2.90. The lowest BCUT2D eigenvalue weighted by molar-refractivity contribution is 0.0593. The molecule has 0 aromatic carbocycles. The lowest BCUT2D eigenvalue weighted by atomic mass is 10.5. The number of rotatable bonds is 4. The summed E-state index contributed by atoms with van der Waals surface area (Å²) >= 11 is 1.49. The van der Waals surface area contributed by atoms with Crippen LogP contribution in [0.15, 0.2) is 40.2 Å². The molecule has 0 aliphatic carbocycles. The molecule has 6 heteroatoms. The normalized spacial score (nSPS) is 10.2. The number of esters is 1. The standard InChI is InChI=1S/C11H10N2O3S/c1-15-11(14)9-5-13-10(6-12-9)17-7-8-3-2-4-16-8/h2-6H,7H2,1H3. The van der Waals surface area contributed by atoms with Crippen molar-refractivity contribution in [3.05, 3.63) is 42.2 Å². The van der Waals surface area contributed by atoms with Crippen LogP contribution in [0.2, 0.25) is 0 Å². The number of hydrogen-bond donors (Lipinski definition) is 0. The lowest BCUT2D eigenvalue weighted by Gasteiger charge is -2.00. The molecule has 0 spiro atoms. The van der Waals surface area contributed by atoms with Crippen LogP contribution < -0.4 is 0 Å². The molecular weight excluding hydrogens is 240 g/mol. The molecule has 0 radical (unpaired) electrons.